The van der Waals surface area contributed by atoms with E-state index in [-0.39, 0.29) is 5.69 Å². The molecular weight excluding hydrogens is 238 g/mol. The van der Waals surface area contributed by atoms with Gasteiger partial charge in [0.05, 0.1) is 17.3 Å². The summed E-state index contributed by atoms with van der Waals surface area (Å²) in [6.07, 6.45) is 0. The number of aromatic nitrogens is 1. The van der Waals surface area contributed by atoms with Crippen LogP contribution < -0.4 is 4.74 Å². The lowest BCUT2D eigenvalue weighted by Crippen LogP contribution is -1.94. The maximum atomic E-state index is 10.9. The van der Waals surface area contributed by atoms with Gasteiger partial charge in [-0.25, -0.2) is 4.79 Å². The molecule has 0 bridgehead atoms. The Hall–Kier alpha value is -2.01. The van der Waals surface area contributed by atoms with Crippen molar-refractivity contribution in [2.45, 2.75) is 0 Å². The molecule has 17 heavy (non-hydrogen) atoms. The molecule has 0 aliphatic carbocycles. The van der Waals surface area contributed by atoms with Gasteiger partial charge in [-0.05, 0) is 24.3 Å². The van der Waals surface area contributed by atoms with Crippen LogP contribution in [0.3, 0.4) is 0 Å². The van der Waals surface area contributed by atoms with Crippen LogP contribution in [0.1, 0.15) is 10.5 Å². The van der Waals surface area contributed by atoms with Crippen molar-refractivity contribution in [3.8, 4) is 5.75 Å². The van der Waals surface area contributed by atoms with Crippen LogP contribution in [0.2, 0.25) is 0 Å². The highest BCUT2D eigenvalue weighted by atomic mass is 32.1. The van der Waals surface area contributed by atoms with Crippen molar-refractivity contribution in [1.29, 1.82) is 0 Å². The number of methoxy groups -OCH3 is 1. The van der Waals surface area contributed by atoms with E-state index in [1.54, 1.807) is 24.5 Å². The lowest BCUT2D eigenvalue weighted by Gasteiger charge is -1.98. The number of benzene rings is 1. The first-order chi connectivity index (χ1) is 8.19. The Labute approximate surface area is 100 Å². The van der Waals surface area contributed by atoms with E-state index in [1.807, 2.05) is 18.2 Å². The predicted octanol–water partition coefficient (Wildman–Crippen LogP) is 3.09. The molecule has 2 aromatic heterocycles. The number of aromatic carboxylic acids is 1. The molecular formula is C12H9NO3S. The third-order valence-electron chi connectivity index (χ3n) is 2.69. The summed E-state index contributed by atoms with van der Waals surface area (Å²) in [5.41, 5.74) is 1.11. The molecule has 0 aliphatic heterocycles. The first-order valence-corrected chi connectivity index (χ1v) is 5.83. The number of carboxylic acid groups (broad SMARTS) is 1. The highest BCUT2D eigenvalue weighted by molar-refractivity contribution is 7.25. The number of hydrogen-bond donors (Lipinski definition) is 2. The second kappa shape index (κ2) is 3.49. The summed E-state index contributed by atoms with van der Waals surface area (Å²) in [6.45, 7) is 0. The van der Waals surface area contributed by atoms with Crippen molar-refractivity contribution in [3.63, 3.8) is 0 Å². The molecule has 4 nitrogen and oxygen atoms in total. The lowest BCUT2D eigenvalue weighted by atomic mass is 10.2. The molecule has 0 amide bonds. The van der Waals surface area contributed by atoms with Gasteiger partial charge in [-0.1, -0.05) is 0 Å². The van der Waals surface area contributed by atoms with Crippen molar-refractivity contribution < 1.29 is 14.6 Å². The Kier molecular flexibility index (Phi) is 2.09. The van der Waals surface area contributed by atoms with Crippen molar-refractivity contribution in [3.05, 3.63) is 30.0 Å². The molecule has 0 fully saturated rings. The van der Waals surface area contributed by atoms with E-state index >= 15 is 0 Å². The molecule has 0 unspecified atom stereocenters. The summed E-state index contributed by atoms with van der Waals surface area (Å²) in [7, 11) is 1.63. The third kappa shape index (κ3) is 1.47. The topological polar surface area (TPSA) is 62.3 Å². The van der Waals surface area contributed by atoms with Gasteiger partial charge in [0.1, 0.15) is 11.4 Å². The zero-order chi connectivity index (χ0) is 12.0. The fourth-order valence-electron chi connectivity index (χ4n) is 1.87. The van der Waals surface area contributed by atoms with E-state index in [9.17, 15) is 4.79 Å². The summed E-state index contributed by atoms with van der Waals surface area (Å²) in [5, 5.41) is 9.94. The van der Waals surface area contributed by atoms with Gasteiger partial charge in [0.15, 0.2) is 0 Å². The molecule has 0 saturated heterocycles. The molecule has 0 aliphatic rings. The molecule has 2 heterocycles. The SMILES string of the molecule is COc1ccc2c(c1)sc1cc(C(=O)O)[nH]c12. The minimum Gasteiger partial charge on any atom is -0.497 e. The summed E-state index contributed by atoms with van der Waals surface area (Å²) >= 11 is 1.55. The maximum Gasteiger partial charge on any atom is 0.352 e. The van der Waals surface area contributed by atoms with Crippen molar-refractivity contribution >= 4 is 37.6 Å². The summed E-state index contributed by atoms with van der Waals surface area (Å²) in [6, 6.07) is 7.42. The smallest absolute Gasteiger partial charge is 0.352 e. The molecule has 86 valence electrons. The average Bonchev–Trinajstić information content (AvgIpc) is 2.84. The van der Waals surface area contributed by atoms with Gasteiger partial charge >= 0.3 is 5.97 Å². The lowest BCUT2D eigenvalue weighted by molar-refractivity contribution is 0.0691. The van der Waals surface area contributed by atoms with E-state index in [2.05, 4.69) is 4.98 Å². The average molecular weight is 247 g/mol. The minimum atomic E-state index is -0.935. The van der Waals surface area contributed by atoms with Gasteiger partial charge in [0, 0.05) is 10.1 Å². The summed E-state index contributed by atoms with van der Waals surface area (Å²) in [5.74, 6) is -0.130. The molecule has 0 spiro atoms. The van der Waals surface area contributed by atoms with Crippen LogP contribution in [0.15, 0.2) is 24.3 Å². The first kappa shape index (κ1) is 10.2. The number of hydrogen-bond acceptors (Lipinski definition) is 3. The molecule has 2 N–H and O–H groups in total. The van der Waals surface area contributed by atoms with Gasteiger partial charge in [-0.15, -0.1) is 11.3 Å². The van der Waals surface area contributed by atoms with Crippen molar-refractivity contribution in [2.24, 2.45) is 0 Å². The first-order valence-electron chi connectivity index (χ1n) is 5.01. The maximum absolute atomic E-state index is 10.9. The molecule has 1 aromatic carbocycles. The highest BCUT2D eigenvalue weighted by Gasteiger charge is 2.12. The van der Waals surface area contributed by atoms with Gasteiger partial charge in [-0.3, -0.25) is 0 Å². The molecule has 3 rings (SSSR count). The Morgan fingerprint density at radius 1 is 1.35 bits per heavy atom. The summed E-state index contributed by atoms with van der Waals surface area (Å²) < 4.78 is 7.19. The zero-order valence-electron chi connectivity index (χ0n) is 8.98. The van der Waals surface area contributed by atoms with Crippen LogP contribution in [0, 0.1) is 0 Å². The predicted molar refractivity (Wildman–Crippen MR) is 67.2 cm³/mol. The largest absolute Gasteiger partial charge is 0.497 e. The van der Waals surface area contributed by atoms with E-state index in [4.69, 9.17) is 9.84 Å². The minimum absolute atomic E-state index is 0.226. The van der Waals surface area contributed by atoms with Crippen LogP contribution >= 0.6 is 11.3 Å². The van der Waals surface area contributed by atoms with Gasteiger partial charge in [-0.2, -0.15) is 0 Å². The number of nitrogens with one attached hydrogen (secondary N) is 1. The third-order valence-corrected chi connectivity index (χ3v) is 3.79. The Morgan fingerprint density at radius 3 is 2.88 bits per heavy atom. The number of carbonyl (C=O) groups is 1. The highest BCUT2D eigenvalue weighted by Crippen LogP contribution is 2.35. The number of thiophene rings is 1. The number of rotatable bonds is 2. The zero-order valence-corrected chi connectivity index (χ0v) is 9.80. The van der Waals surface area contributed by atoms with Crippen LogP contribution in [-0.2, 0) is 0 Å². The van der Waals surface area contributed by atoms with Gasteiger partial charge < -0.3 is 14.8 Å². The standard InChI is InChI=1S/C12H9NO3S/c1-16-6-2-3-7-9(4-6)17-10-5-8(12(14)15)13-11(7)10/h2-5,13H,1H3,(H,14,15). The van der Waals surface area contributed by atoms with Crippen LogP contribution in [0.25, 0.3) is 20.3 Å². The Balaban J connectivity index is 2.30. The molecule has 0 saturated carbocycles. The molecule has 5 heteroatoms. The van der Waals surface area contributed by atoms with Crippen LogP contribution in [-0.4, -0.2) is 23.2 Å². The molecule has 0 radical (unpaired) electrons. The Bertz CT molecular complexity index is 726. The number of aromatic amines is 1. The van der Waals surface area contributed by atoms with Crippen molar-refractivity contribution in [2.75, 3.05) is 7.11 Å². The number of ether oxygens (including phenoxy) is 1. The summed E-state index contributed by atoms with van der Waals surface area (Å²) in [4.78, 5) is 13.8. The Morgan fingerprint density at radius 2 is 2.18 bits per heavy atom. The second-order valence-electron chi connectivity index (χ2n) is 3.69. The fraction of sp³-hybridized carbons (Fsp3) is 0.0833. The second-order valence-corrected chi connectivity index (χ2v) is 4.78. The monoisotopic (exact) mass is 247 g/mol. The van der Waals surface area contributed by atoms with Crippen molar-refractivity contribution in [1.82, 2.24) is 4.98 Å². The van der Waals surface area contributed by atoms with Crippen LogP contribution in [0.5, 0.6) is 5.75 Å². The van der Waals surface area contributed by atoms with E-state index in [1.165, 1.54) is 0 Å². The van der Waals surface area contributed by atoms with Gasteiger partial charge in [0.25, 0.3) is 0 Å². The molecule has 3 aromatic rings. The van der Waals surface area contributed by atoms with E-state index < -0.39 is 5.97 Å². The number of H-pyrrole nitrogens is 1. The van der Waals surface area contributed by atoms with Gasteiger partial charge in [0.2, 0.25) is 0 Å². The number of fused-ring (bicyclic) bond motifs is 3. The number of carboxylic acids is 1. The quantitative estimate of drug-likeness (QED) is 0.731. The van der Waals surface area contributed by atoms with Crippen LogP contribution in [0.4, 0.5) is 0 Å². The van der Waals surface area contributed by atoms with E-state index in [0.717, 1.165) is 26.1 Å². The normalized spacial score (nSPS) is 11.1. The molecule has 0 atom stereocenters. The van der Waals surface area contributed by atoms with E-state index in [0.29, 0.717) is 0 Å². The fourth-order valence-corrected chi connectivity index (χ4v) is 3.00.